The number of hydrogen-bond donors (Lipinski definition) is 4. The Labute approximate surface area is 171 Å². The SMILES string of the molecule is CCN(C(=N)NC(=O)OC(C)(C)C)c1ccc(O)c(CNC(=O)OC(C)(C)C)c1. The van der Waals surface area contributed by atoms with E-state index in [1.165, 1.54) is 11.0 Å². The molecular weight excluding hydrogens is 376 g/mol. The highest BCUT2D eigenvalue weighted by Gasteiger charge is 2.21. The smallest absolute Gasteiger partial charge is 0.414 e. The van der Waals surface area contributed by atoms with Gasteiger partial charge in [0.2, 0.25) is 5.96 Å². The van der Waals surface area contributed by atoms with Crippen LogP contribution in [0.5, 0.6) is 5.75 Å². The van der Waals surface area contributed by atoms with Crippen molar-refractivity contribution in [3.63, 3.8) is 0 Å². The number of nitrogens with one attached hydrogen (secondary N) is 3. The maximum absolute atomic E-state index is 11.9. The van der Waals surface area contributed by atoms with Gasteiger partial charge in [-0.05, 0) is 66.7 Å². The van der Waals surface area contributed by atoms with E-state index >= 15 is 0 Å². The van der Waals surface area contributed by atoms with Gasteiger partial charge in [0.15, 0.2) is 0 Å². The van der Waals surface area contributed by atoms with Gasteiger partial charge in [0.05, 0.1) is 0 Å². The Balaban J connectivity index is 2.88. The van der Waals surface area contributed by atoms with Gasteiger partial charge in [-0.1, -0.05) is 0 Å². The van der Waals surface area contributed by atoms with Crippen molar-refractivity contribution in [2.45, 2.75) is 66.2 Å². The average molecular weight is 408 g/mol. The fraction of sp³-hybridized carbons (Fsp3) is 0.550. The molecule has 1 aromatic rings. The molecule has 0 aromatic heterocycles. The molecule has 4 N–H and O–H groups in total. The molecule has 2 amide bonds. The minimum atomic E-state index is -0.730. The van der Waals surface area contributed by atoms with Gasteiger partial charge in [0, 0.05) is 24.3 Å². The summed E-state index contributed by atoms with van der Waals surface area (Å²) in [4.78, 5) is 25.3. The van der Waals surface area contributed by atoms with Crippen LogP contribution >= 0.6 is 0 Å². The molecule has 0 aliphatic rings. The molecule has 162 valence electrons. The van der Waals surface area contributed by atoms with Gasteiger partial charge < -0.3 is 24.8 Å². The quantitative estimate of drug-likeness (QED) is 0.445. The molecule has 29 heavy (non-hydrogen) atoms. The first-order chi connectivity index (χ1) is 13.2. The summed E-state index contributed by atoms with van der Waals surface area (Å²) < 4.78 is 10.3. The van der Waals surface area contributed by atoms with Gasteiger partial charge in [0.1, 0.15) is 17.0 Å². The molecule has 1 aromatic carbocycles. The molecule has 0 fully saturated rings. The van der Waals surface area contributed by atoms with Gasteiger partial charge in [0.25, 0.3) is 0 Å². The summed E-state index contributed by atoms with van der Waals surface area (Å²) in [5.41, 5.74) is -0.306. The van der Waals surface area contributed by atoms with E-state index in [9.17, 15) is 14.7 Å². The van der Waals surface area contributed by atoms with Gasteiger partial charge in [-0.2, -0.15) is 0 Å². The Kier molecular flexibility index (Phi) is 7.87. The number of phenols is 1. The van der Waals surface area contributed by atoms with Crippen LogP contribution < -0.4 is 15.5 Å². The molecule has 0 saturated heterocycles. The molecule has 0 aliphatic heterocycles. The lowest BCUT2D eigenvalue weighted by atomic mass is 10.1. The van der Waals surface area contributed by atoms with Crippen LogP contribution in [0.2, 0.25) is 0 Å². The zero-order chi connectivity index (χ0) is 22.4. The highest BCUT2D eigenvalue weighted by Crippen LogP contribution is 2.24. The fourth-order valence-electron chi connectivity index (χ4n) is 2.30. The lowest BCUT2D eigenvalue weighted by Gasteiger charge is -2.26. The molecule has 0 unspecified atom stereocenters. The molecule has 9 heteroatoms. The molecule has 0 heterocycles. The third-order valence-corrected chi connectivity index (χ3v) is 3.40. The minimum Gasteiger partial charge on any atom is -0.508 e. The lowest BCUT2D eigenvalue weighted by Crippen LogP contribution is -2.45. The number of aromatic hydroxyl groups is 1. The minimum absolute atomic E-state index is 0.00695. The third-order valence-electron chi connectivity index (χ3n) is 3.40. The summed E-state index contributed by atoms with van der Waals surface area (Å²) in [6.07, 6.45) is -1.33. The maximum Gasteiger partial charge on any atom is 0.414 e. The Morgan fingerprint density at radius 1 is 1.07 bits per heavy atom. The standard InChI is InChI=1S/C20H32N4O5/c1-8-24(16(21)23-18(27)29-20(5,6)7)14-9-10-15(25)13(11-14)12-22-17(26)28-19(2,3)4/h9-11,25H,8,12H2,1-7H3,(H,22,26)(H2,21,23,27). The number of nitrogens with zero attached hydrogens (tertiary/aromatic N) is 1. The van der Waals surface area contributed by atoms with Crippen LogP contribution in [0, 0.1) is 5.41 Å². The van der Waals surface area contributed by atoms with Crippen molar-refractivity contribution in [2.75, 3.05) is 11.4 Å². The number of hydrogen-bond acceptors (Lipinski definition) is 6. The second-order valence-corrected chi connectivity index (χ2v) is 8.39. The second kappa shape index (κ2) is 9.49. The van der Waals surface area contributed by atoms with E-state index in [0.717, 1.165) is 0 Å². The number of alkyl carbamates (subject to hydrolysis) is 2. The highest BCUT2D eigenvalue weighted by molar-refractivity contribution is 6.02. The van der Waals surface area contributed by atoms with Gasteiger partial charge in [-0.15, -0.1) is 0 Å². The normalized spacial score (nSPS) is 11.4. The molecular formula is C20H32N4O5. The molecule has 9 nitrogen and oxygen atoms in total. The molecule has 0 bridgehead atoms. The predicted molar refractivity (Wildman–Crippen MR) is 111 cm³/mol. The van der Waals surface area contributed by atoms with Crippen molar-refractivity contribution in [2.24, 2.45) is 0 Å². The topological polar surface area (TPSA) is 124 Å². The molecule has 1 rings (SSSR count). The van der Waals surface area contributed by atoms with Crippen LogP contribution in [0.15, 0.2) is 18.2 Å². The first-order valence-corrected chi connectivity index (χ1v) is 9.36. The van der Waals surface area contributed by atoms with Gasteiger partial charge >= 0.3 is 12.2 Å². The van der Waals surface area contributed by atoms with Crippen LogP contribution in [0.4, 0.5) is 15.3 Å². The van der Waals surface area contributed by atoms with E-state index in [0.29, 0.717) is 17.8 Å². The van der Waals surface area contributed by atoms with Crippen LogP contribution in [0.25, 0.3) is 0 Å². The highest BCUT2D eigenvalue weighted by atomic mass is 16.6. The summed E-state index contributed by atoms with van der Waals surface area (Å²) in [6, 6.07) is 4.70. The summed E-state index contributed by atoms with van der Waals surface area (Å²) in [5.74, 6) is -0.175. The summed E-state index contributed by atoms with van der Waals surface area (Å²) in [5, 5.41) is 23.2. The first-order valence-electron chi connectivity index (χ1n) is 9.36. The largest absolute Gasteiger partial charge is 0.508 e. The van der Waals surface area contributed by atoms with E-state index in [-0.39, 0.29) is 18.3 Å². The van der Waals surface area contributed by atoms with Crippen molar-refractivity contribution in [3.05, 3.63) is 23.8 Å². The van der Waals surface area contributed by atoms with Crippen LogP contribution in [-0.4, -0.2) is 41.0 Å². The molecule has 0 spiro atoms. The summed E-state index contributed by atoms with van der Waals surface area (Å²) >= 11 is 0. The fourth-order valence-corrected chi connectivity index (χ4v) is 2.30. The van der Waals surface area contributed by atoms with Crippen molar-refractivity contribution < 1.29 is 24.2 Å². The third kappa shape index (κ3) is 8.71. The van der Waals surface area contributed by atoms with Crippen LogP contribution in [-0.2, 0) is 16.0 Å². The number of carbonyl (C=O) groups excluding carboxylic acids is 2. The number of guanidine groups is 1. The second-order valence-electron chi connectivity index (χ2n) is 8.39. The van der Waals surface area contributed by atoms with Crippen molar-refractivity contribution in [1.29, 1.82) is 5.41 Å². The van der Waals surface area contributed by atoms with E-state index in [1.807, 2.05) is 6.92 Å². The maximum atomic E-state index is 11.9. The van der Waals surface area contributed by atoms with Crippen molar-refractivity contribution in [3.8, 4) is 5.75 Å². The van der Waals surface area contributed by atoms with E-state index in [1.54, 1.807) is 53.7 Å². The number of ether oxygens (including phenoxy) is 2. The number of carbonyl (C=O) groups is 2. The first kappa shape index (κ1) is 24.1. The Hall–Kier alpha value is -2.97. The van der Waals surface area contributed by atoms with Crippen LogP contribution in [0.3, 0.4) is 0 Å². The van der Waals surface area contributed by atoms with Crippen molar-refractivity contribution in [1.82, 2.24) is 10.6 Å². The summed E-state index contributed by atoms with van der Waals surface area (Å²) in [7, 11) is 0. The van der Waals surface area contributed by atoms with E-state index in [2.05, 4.69) is 10.6 Å². The Bertz CT molecular complexity index is 750. The van der Waals surface area contributed by atoms with Crippen molar-refractivity contribution >= 4 is 23.8 Å². The zero-order valence-electron chi connectivity index (χ0n) is 18.2. The van der Waals surface area contributed by atoms with Gasteiger partial charge in [-0.3, -0.25) is 10.7 Å². The van der Waals surface area contributed by atoms with E-state index < -0.39 is 23.4 Å². The molecule has 0 aliphatic carbocycles. The Morgan fingerprint density at radius 2 is 1.62 bits per heavy atom. The van der Waals surface area contributed by atoms with Gasteiger partial charge in [-0.25, -0.2) is 9.59 Å². The average Bonchev–Trinajstić information content (AvgIpc) is 2.52. The Morgan fingerprint density at radius 3 is 2.14 bits per heavy atom. The number of amides is 2. The molecule has 0 atom stereocenters. The summed E-state index contributed by atoms with van der Waals surface area (Å²) in [6.45, 7) is 12.7. The number of anilines is 1. The molecule has 0 saturated carbocycles. The van der Waals surface area contributed by atoms with E-state index in [4.69, 9.17) is 14.9 Å². The van der Waals surface area contributed by atoms with Crippen LogP contribution in [0.1, 0.15) is 54.0 Å². The zero-order valence-corrected chi connectivity index (χ0v) is 18.2. The monoisotopic (exact) mass is 408 g/mol. The molecule has 0 radical (unpaired) electrons. The number of rotatable bonds is 4. The lowest BCUT2D eigenvalue weighted by molar-refractivity contribution is 0.0520. The predicted octanol–water partition coefficient (Wildman–Crippen LogP) is 3.70. The number of phenolic OH excluding ortho intramolecular Hbond substituents is 1. The number of benzene rings is 1.